The number of benzene rings is 1. The summed E-state index contributed by atoms with van der Waals surface area (Å²) in [6.07, 6.45) is 5.27. The number of allylic oxidation sites excluding steroid dienone is 1. The van der Waals surface area contributed by atoms with Crippen LogP contribution in [0.1, 0.15) is 12.1 Å². The number of fused-ring (bicyclic) bond motifs is 2. The van der Waals surface area contributed by atoms with E-state index in [0.717, 1.165) is 47.4 Å². The van der Waals surface area contributed by atoms with Crippen LogP contribution in [0.25, 0.3) is 27.7 Å². The lowest BCUT2D eigenvalue weighted by atomic mass is 9.99. The topological polar surface area (TPSA) is 49.9 Å². The minimum absolute atomic E-state index is 0.304. The van der Waals surface area contributed by atoms with Crippen molar-refractivity contribution >= 4 is 16.6 Å². The Morgan fingerprint density at radius 2 is 2.08 bits per heavy atom. The second-order valence-electron chi connectivity index (χ2n) is 7.13. The van der Waals surface area contributed by atoms with E-state index in [9.17, 15) is 4.39 Å². The summed E-state index contributed by atoms with van der Waals surface area (Å²) >= 11 is 0. The molecular formula is C21H20FN3O. The van der Waals surface area contributed by atoms with Gasteiger partial charge in [0.15, 0.2) is 0 Å². The summed E-state index contributed by atoms with van der Waals surface area (Å²) in [5.74, 6) is 1.57. The SMILES string of the molecule is COc1cc(F)ccc1-c1ccnc2[nH]c(C3=CC4CNCC4C3)cc12. The van der Waals surface area contributed by atoms with Crippen molar-refractivity contribution in [3.05, 3.63) is 54.1 Å². The zero-order valence-electron chi connectivity index (χ0n) is 14.6. The number of nitrogens with one attached hydrogen (secondary N) is 2. The highest BCUT2D eigenvalue weighted by Crippen LogP contribution is 2.40. The molecule has 0 saturated carbocycles. The van der Waals surface area contributed by atoms with Gasteiger partial charge in [-0.1, -0.05) is 6.08 Å². The van der Waals surface area contributed by atoms with Gasteiger partial charge in [-0.3, -0.25) is 0 Å². The van der Waals surface area contributed by atoms with Gasteiger partial charge in [0.05, 0.1) is 7.11 Å². The third kappa shape index (κ3) is 2.42. The Labute approximate surface area is 151 Å². The van der Waals surface area contributed by atoms with Crippen molar-refractivity contribution in [2.24, 2.45) is 11.8 Å². The van der Waals surface area contributed by atoms with Gasteiger partial charge in [-0.05, 0) is 60.2 Å². The average Bonchev–Trinajstić information content (AvgIpc) is 3.34. The molecule has 2 unspecified atom stereocenters. The van der Waals surface area contributed by atoms with E-state index in [1.165, 1.54) is 17.7 Å². The van der Waals surface area contributed by atoms with Gasteiger partial charge in [0.2, 0.25) is 0 Å². The maximum absolute atomic E-state index is 13.6. The molecule has 1 aliphatic carbocycles. The van der Waals surface area contributed by atoms with E-state index in [1.807, 2.05) is 6.07 Å². The molecule has 0 bridgehead atoms. The van der Waals surface area contributed by atoms with Gasteiger partial charge in [-0.15, -0.1) is 0 Å². The molecule has 4 nitrogen and oxygen atoms in total. The lowest BCUT2D eigenvalue weighted by Gasteiger charge is -2.09. The van der Waals surface area contributed by atoms with Crippen molar-refractivity contribution in [1.29, 1.82) is 0 Å². The summed E-state index contributed by atoms with van der Waals surface area (Å²) in [5, 5.41) is 4.49. The molecule has 1 fully saturated rings. The Bertz CT molecular complexity index is 1020. The minimum Gasteiger partial charge on any atom is -0.496 e. The number of methoxy groups -OCH3 is 1. The second-order valence-corrected chi connectivity index (χ2v) is 7.13. The van der Waals surface area contributed by atoms with Crippen LogP contribution in [-0.4, -0.2) is 30.2 Å². The van der Waals surface area contributed by atoms with E-state index in [-0.39, 0.29) is 5.82 Å². The lowest BCUT2D eigenvalue weighted by Crippen LogP contribution is -2.09. The van der Waals surface area contributed by atoms with E-state index >= 15 is 0 Å². The third-order valence-electron chi connectivity index (χ3n) is 5.62. The molecule has 132 valence electrons. The first-order valence-corrected chi connectivity index (χ1v) is 8.96. The Hall–Kier alpha value is -2.66. The van der Waals surface area contributed by atoms with Crippen LogP contribution in [0.4, 0.5) is 4.39 Å². The number of pyridine rings is 1. The highest BCUT2D eigenvalue weighted by molar-refractivity contribution is 5.96. The Kier molecular flexibility index (Phi) is 3.57. The molecule has 2 N–H and O–H groups in total. The van der Waals surface area contributed by atoms with E-state index in [0.29, 0.717) is 17.6 Å². The van der Waals surface area contributed by atoms with E-state index in [1.54, 1.807) is 19.4 Å². The molecule has 3 aromatic rings. The molecular weight excluding hydrogens is 329 g/mol. The molecule has 1 aromatic carbocycles. The zero-order valence-corrected chi connectivity index (χ0v) is 14.6. The monoisotopic (exact) mass is 349 g/mol. The first kappa shape index (κ1) is 15.6. The highest BCUT2D eigenvalue weighted by Gasteiger charge is 2.32. The van der Waals surface area contributed by atoms with Crippen LogP contribution in [0.5, 0.6) is 5.75 Å². The molecule has 2 atom stereocenters. The largest absolute Gasteiger partial charge is 0.496 e. The summed E-state index contributed by atoms with van der Waals surface area (Å²) in [6, 6.07) is 8.77. The smallest absolute Gasteiger partial charge is 0.138 e. The van der Waals surface area contributed by atoms with Gasteiger partial charge < -0.3 is 15.0 Å². The summed E-state index contributed by atoms with van der Waals surface area (Å²) in [7, 11) is 1.56. The maximum atomic E-state index is 13.6. The number of nitrogens with zero attached hydrogens (tertiary/aromatic N) is 1. The average molecular weight is 349 g/mol. The number of halogens is 1. The van der Waals surface area contributed by atoms with E-state index < -0.39 is 0 Å². The quantitative estimate of drug-likeness (QED) is 0.751. The molecule has 5 heteroatoms. The number of H-pyrrole nitrogens is 1. The fourth-order valence-corrected chi connectivity index (χ4v) is 4.30. The molecule has 1 saturated heterocycles. The number of hydrogen-bond donors (Lipinski definition) is 2. The van der Waals surface area contributed by atoms with Gasteiger partial charge >= 0.3 is 0 Å². The highest BCUT2D eigenvalue weighted by atomic mass is 19.1. The summed E-state index contributed by atoms with van der Waals surface area (Å²) in [4.78, 5) is 7.97. The van der Waals surface area contributed by atoms with Crippen molar-refractivity contribution in [2.45, 2.75) is 6.42 Å². The van der Waals surface area contributed by atoms with Crippen molar-refractivity contribution < 1.29 is 9.13 Å². The predicted molar refractivity (Wildman–Crippen MR) is 100 cm³/mol. The maximum Gasteiger partial charge on any atom is 0.138 e. The van der Waals surface area contributed by atoms with E-state index in [4.69, 9.17) is 4.74 Å². The lowest BCUT2D eigenvalue weighted by molar-refractivity contribution is 0.413. The Balaban J connectivity index is 1.61. The fourth-order valence-electron chi connectivity index (χ4n) is 4.30. The molecule has 2 aromatic heterocycles. The number of aromatic amines is 1. The molecule has 26 heavy (non-hydrogen) atoms. The van der Waals surface area contributed by atoms with Gasteiger partial charge in [0.25, 0.3) is 0 Å². The van der Waals surface area contributed by atoms with Gasteiger partial charge in [0, 0.05) is 35.5 Å². The minimum atomic E-state index is -0.304. The van der Waals surface area contributed by atoms with Crippen LogP contribution in [-0.2, 0) is 0 Å². The number of hydrogen-bond acceptors (Lipinski definition) is 3. The number of aromatic nitrogens is 2. The molecule has 5 rings (SSSR count). The molecule has 0 radical (unpaired) electrons. The molecule has 3 heterocycles. The van der Waals surface area contributed by atoms with Crippen LogP contribution in [0.15, 0.2) is 42.6 Å². The Morgan fingerprint density at radius 1 is 1.15 bits per heavy atom. The van der Waals surface area contributed by atoms with Crippen molar-refractivity contribution in [3.8, 4) is 16.9 Å². The van der Waals surface area contributed by atoms with Crippen LogP contribution in [0, 0.1) is 17.7 Å². The summed E-state index contributed by atoms with van der Waals surface area (Å²) in [5.41, 5.74) is 5.22. The summed E-state index contributed by atoms with van der Waals surface area (Å²) in [6.45, 7) is 2.17. The Morgan fingerprint density at radius 3 is 2.92 bits per heavy atom. The fraction of sp³-hybridized carbons (Fsp3) is 0.286. The standard InChI is InChI=1S/C21H20FN3O/c1-26-20-8-15(22)2-3-17(20)16-4-5-24-21-18(16)9-19(25-21)12-6-13-10-23-11-14(13)7-12/h2-6,8-9,13-14,23H,7,10-11H2,1H3,(H,24,25). The van der Waals surface area contributed by atoms with Crippen molar-refractivity contribution in [3.63, 3.8) is 0 Å². The zero-order chi connectivity index (χ0) is 17.7. The van der Waals surface area contributed by atoms with Crippen LogP contribution in [0.2, 0.25) is 0 Å². The van der Waals surface area contributed by atoms with Gasteiger partial charge in [0.1, 0.15) is 17.2 Å². The predicted octanol–water partition coefficient (Wildman–Crippen LogP) is 4.00. The molecule has 2 aliphatic rings. The number of ether oxygens (including phenoxy) is 1. The van der Waals surface area contributed by atoms with Crippen LogP contribution < -0.4 is 10.1 Å². The first-order chi connectivity index (χ1) is 12.7. The number of rotatable bonds is 3. The van der Waals surface area contributed by atoms with Gasteiger partial charge in [-0.25, -0.2) is 9.37 Å². The normalized spacial score (nSPS) is 21.8. The summed E-state index contributed by atoms with van der Waals surface area (Å²) < 4.78 is 19.0. The molecule has 0 spiro atoms. The van der Waals surface area contributed by atoms with Crippen LogP contribution in [0.3, 0.4) is 0 Å². The second kappa shape index (κ2) is 5.95. The van der Waals surface area contributed by atoms with Crippen LogP contribution >= 0.6 is 0 Å². The van der Waals surface area contributed by atoms with Gasteiger partial charge in [-0.2, -0.15) is 0 Å². The van der Waals surface area contributed by atoms with E-state index in [2.05, 4.69) is 27.4 Å². The third-order valence-corrected chi connectivity index (χ3v) is 5.62. The van der Waals surface area contributed by atoms with Crippen molar-refractivity contribution in [2.75, 3.05) is 20.2 Å². The first-order valence-electron chi connectivity index (χ1n) is 8.96. The molecule has 0 amide bonds. The molecule has 1 aliphatic heterocycles. The van der Waals surface area contributed by atoms with Crippen molar-refractivity contribution in [1.82, 2.24) is 15.3 Å².